The normalized spacial score (nSPS) is 10.5. The molecule has 1 N–H and O–H groups in total. The van der Waals surface area contributed by atoms with Gasteiger partial charge in [0.05, 0.1) is 13.2 Å². The molecule has 7 nitrogen and oxygen atoms in total. The fraction of sp³-hybridized carbons (Fsp3) is 0.500. The number of hydrogen-bond donors (Lipinski definition) is 1. The Morgan fingerprint density at radius 1 is 1.26 bits per heavy atom. The summed E-state index contributed by atoms with van der Waals surface area (Å²) >= 11 is 0. The molecule has 2 heterocycles. The third-order valence-corrected chi connectivity index (χ3v) is 2.25. The zero-order valence-corrected chi connectivity index (χ0v) is 11.3. The van der Waals surface area contributed by atoms with Crippen molar-refractivity contribution in [2.75, 3.05) is 11.9 Å². The lowest BCUT2D eigenvalue weighted by Gasteiger charge is -2.07. The van der Waals surface area contributed by atoms with Crippen LogP contribution in [0, 0.1) is 13.8 Å². The van der Waals surface area contributed by atoms with Gasteiger partial charge in [0.15, 0.2) is 5.82 Å². The van der Waals surface area contributed by atoms with Crippen LogP contribution in [0.15, 0.2) is 10.6 Å². The van der Waals surface area contributed by atoms with Crippen LogP contribution in [0.25, 0.3) is 0 Å². The van der Waals surface area contributed by atoms with Gasteiger partial charge >= 0.3 is 0 Å². The van der Waals surface area contributed by atoms with Crippen LogP contribution >= 0.6 is 0 Å². The molecule has 0 aliphatic heterocycles. The molecule has 0 aliphatic rings. The number of aromatic nitrogens is 4. The molecular weight excluding hydrogens is 246 g/mol. The lowest BCUT2D eigenvalue weighted by Crippen LogP contribution is -2.07. The standard InChI is InChI=1S/C12H17N5O2/c1-4-5-18-10-6-8(2)14-12(16-10)13-7-11-15-9(3)17-19-11/h6H,4-5,7H2,1-3H3,(H,13,14,16). The third-order valence-electron chi connectivity index (χ3n) is 2.25. The number of ether oxygens (including phenoxy) is 1. The highest BCUT2D eigenvalue weighted by Gasteiger charge is 2.06. The molecule has 0 saturated heterocycles. The maximum Gasteiger partial charge on any atom is 0.246 e. The fourth-order valence-corrected chi connectivity index (χ4v) is 1.47. The van der Waals surface area contributed by atoms with Gasteiger partial charge in [0.25, 0.3) is 0 Å². The van der Waals surface area contributed by atoms with Crippen molar-refractivity contribution in [3.8, 4) is 5.88 Å². The Labute approximate surface area is 111 Å². The van der Waals surface area contributed by atoms with Crippen molar-refractivity contribution < 1.29 is 9.26 Å². The molecule has 19 heavy (non-hydrogen) atoms. The first kappa shape index (κ1) is 13.3. The lowest BCUT2D eigenvalue weighted by atomic mass is 10.4. The van der Waals surface area contributed by atoms with Crippen LogP contribution in [0.3, 0.4) is 0 Å². The van der Waals surface area contributed by atoms with Crippen LogP contribution in [-0.2, 0) is 6.54 Å². The summed E-state index contributed by atoms with van der Waals surface area (Å²) in [5.74, 6) is 2.16. The maximum absolute atomic E-state index is 5.49. The minimum atomic E-state index is 0.386. The molecule has 0 saturated carbocycles. The number of anilines is 1. The van der Waals surface area contributed by atoms with Gasteiger partial charge in [0.1, 0.15) is 0 Å². The number of nitrogens with zero attached hydrogens (tertiary/aromatic N) is 4. The summed E-state index contributed by atoms with van der Waals surface area (Å²) in [6.45, 7) is 6.73. The first-order valence-electron chi connectivity index (χ1n) is 6.19. The highest BCUT2D eigenvalue weighted by Crippen LogP contribution is 2.12. The average molecular weight is 263 g/mol. The SMILES string of the molecule is CCCOc1cc(C)nc(NCc2nc(C)no2)n1. The van der Waals surface area contributed by atoms with E-state index in [1.165, 1.54) is 0 Å². The molecule has 0 unspecified atom stereocenters. The van der Waals surface area contributed by atoms with Crippen LogP contribution in [0.4, 0.5) is 5.95 Å². The van der Waals surface area contributed by atoms with Gasteiger partial charge in [0, 0.05) is 11.8 Å². The van der Waals surface area contributed by atoms with Crippen LogP contribution < -0.4 is 10.1 Å². The summed E-state index contributed by atoms with van der Waals surface area (Å²) in [5.41, 5.74) is 0.838. The third kappa shape index (κ3) is 3.90. The number of nitrogens with one attached hydrogen (secondary N) is 1. The number of hydrogen-bond acceptors (Lipinski definition) is 7. The van der Waals surface area contributed by atoms with Crippen molar-refractivity contribution in [1.82, 2.24) is 20.1 Å². The predicted molar refractivity (Wildman–Crippen MR) is 68.9 cm³/mol. The minimum absolute atomic E-state index is 0.386. The fourth-order valence-electron chi connectivity index (χ4n) is 1.47. The maximum atomic E-state index is 5.49. The molecule has 0 atom stereocenters. The van der Waals surface area contributed by atoms with Crippen LogP contribution in [-0.4, -0.2) is 26.7 Å². The Kier molecular flexibility index (Phi) is 4.27. The van der Waals surface area contributed by atoms with Crippen molar-refractivity contribution in [2.45, 2.75) is 33.7 Å². The summed E-state index contributed by atoms with van der Waals surface area (Å²) in [5, 5.41) is 6.75. The van der Waals surface area contributed by atoms with E-state index in [4.69, 9.17) is 9.26 Å². The summed E-state index contributed by atoms with van der Waals surface area (Å²) in [4.78, 5) is 12.6. The molecule has 2 aromatic heterocycles. The highest BCUT2D eigenvalue weighted by atomic mass is 16.5. The number of aryl methyl sites for hydroxylation is 2. The van der Waals surface area contributed by atoms with Gasteiger partial charge < -0.3 is 14.6 Å². The molecule has 7 heteroatoms. The Hall–Kier alpha value is -2.18. The van der Waals surface area contributed by atoms with Crippen LogP contribution in [0.5, 0.6) is 5.88 Å². The molecule has 0 amide bonds. The first-order chi connectivity index (χ1) is 9.17. The van der Waals surface area contributed by atoms with Gasteiger partial charge in [-0.25, -0.2) is 4.98 Å². The molecule has 0 aromatic carbocycles. The molecule has 0 aliphatic carbocycles. The Morgan fingerprint density at radius 3 is 2.79 bits per heavy atom. The van der Waals surface area contributed by atoms with Gasteiger partial charge in [0.2, 0.25) is 17.7 Å². The van der Waals surface area contributed by atoms with Crippen molar-refractivity contribution in [2.24, 2.45) is 0 Å². The predicted octanol–water partition coefficient (Wildman–Crippen LogP) is 1.88. The average Bonchev–Trinajstić information content (AvgIpc) is 2.79. The lowest BCUT2D eigenvalue weighted by molar-refractivity contribution is 0.304. The second-order valence-electron chi connectivity index (χ2n) is 4.11. The second kappa shape index (κ2) is 6.12. The van der Waals surface area contributed by atoms with Gasteiger partial charge in [-0.2, -0.15) is 9.97 Å². The van der Waals surface area contributed by atoms with Gasteiger partial charge in [-0.15, -0.1) is 0 Å². The zero-order chi connectivity index (χ0) is 13.7. The van der Waals surface area contributed by atoms with E-state index in [1.54, 1.807) is 13.0 Å². The van der Waals surface area contributed by atoms with Crippen LogP contribution in [0.2, 0.25) is 0 Å². The molecule has 0 fully saturated rings. The molecule has 2 aromatic rings. The van der Waals surface area contributed by atoms with E-state index in [0.717, 1.165) is 12.1 Å². The van der Waals surface area contributed by atoms with E-state index >= 15 is 0 Å². The molecular formula is C12H17N5O2. The minimum Gasteiger partial charge on any atom is -0.478 e. The van der Waals surface area contributed by atoms with E-state index in [0.29, 0.717) is 36.7 Å². The topological polar surface area (TPSA) is 86.0 Å². The van der Waals surface area contributed by atoms with Gasteiger partial charge in [-0.05, 0) is 20.3 Å². The highest BCUT2D eigenvalue weighted by molar-refractivity contribution is 5.30. The molecule has 0 radical (unpaired) electrons. The van der Waals surface area contributed by atoms with E-state index < -0.39 is 0 Å². The first-order valence-corrected chi connectivity index (χ1v) is 6.19. The molecule has 2 rings (SSSR count). The zero-order valence-electron chi connectivity index (χ0n) is 11.3. The number of rotatable bonds is 6. The van der Waals surface area contributed by atoms with Gasteiger partial charge in [-0.1, -0.05) is 12.1 Å². The monoisotopic (exact) mass is 263 g/mol. The quantitative estimate of drug-likeness (QED) is 0.851. The van der Waals surface area contributed by atoms with E-state index in [-0.39, 0.29) is 0 Å². The summed E-state index contributed by atoms with van der Waals surface area (Å²) < 4.78 is 10.5. The van der Waals surface area contributed by atoms with Crippen molar-refractivity contribution in [3.05, 3.63) is 23.5 Å². The Bertz CT molecular complexity index is 541. The van der Waals surface area contributed by atoms with E-state index in [1.807, 2.05) is 13.8 Å². The Morgan fingerprint density at radius 2 is 2.11 bits per heavy atom. The molecule has 0 spiro atoms. The van der Waals surface area contributed by atoms with E-state index in [9.17, 15) is 0 Å². The van der Waals surface area contributed by atoms with Crippen molar-refractivity contribution in [3.63, 3.8) is 0 Å². The summed E-state index contributed by atoms with van der Waals surface area (Å²) in [6, 6.07) is 1.80. The second-order valence-corrected chi connectivity index (χ2v) is 4.11. The molecule has 0 bridgehead atoms. The van der Waals surface area contributed by atoms with Gasteiger partial charge in [-0.3, -0.25) is 0 Å². The largest absolute Gasteiger partial charge is 0.478 e. The smallest absolute Gasteiger partial charge is 0.246 e. The summed E-state index contributed by atoms with van der Waals surface area (Å²) in [7, 11) is 0. The van der Waals surface area contributed by atoms with E-state index in [2.05, 4.69) is 25.4 Å². The van der Waals surface area contributed by atoms with Crippen molar-refractivity contribution >= 4 is 5.95 Å². The van der Waals surface area contributed by atoms with Crippen LogP contribution in [0.1, 0.15) is 30.8 Å². The van der Waals surface area contributed by atoms with Crippen molar-refractivity contribution in [1.29, 1.82) is 0 Å². The molecule has 102 valence electrons. The summed E-state index contributed by atoms with van der Waals surface area (Å²) in [6.07, 6.45) is 0.938. The Balaban J connectivity index is 2.01.